The van der Waals surface area contributed by atoms with Crippen LogP contribution < -0.4 is 0 Å². The minimum atomic E-state index is -0.668. The van der Waals surface area contributed by atoms with E-state index in [1.165, 1.54) is 131 Å². The van der Waals surface area contributed by atoms with Crippen molar-refractivity contribution in [3.8, 4) is 0 Å². The lowest BCUT2D eigenvalue weighted by atomic mass is 10.1. The summed E-state index contributed by atoms with van der Waals surface area (Å²) >= 11 is 18.2. The predicted octanol–water partition coefficient (Wildman–Crippen LogP) is 16.6. The molecule has 2 unspecified atom stereocenters. The van der Waals surface area contributed by atoms with Crippen molar-refractivity contribution in [3.63, 3.8) is 0 Å². The minimum absolute atomic E-state index is 0.668. The van der Waals surface area contributed by atoms with E-state index >= 15 is 0 Å². The molecule has 0 bridgehead atoms. The molecule has 6 aromatic heterocycles. The lowest BCUT2D eigenvalue weighted by molar-refractivity contribution is 0.227. The van der Waals surface area contributed by atoms with Gasteiger partial charge in [0, 0.05) is 38.3 Å². The zero-order valence-corrected chi connectivity index (χ0v) is 37.4. The first-order valence-corrected chi connectivity index (χ1v) is 25.2. The summed E-state index contributed by atoms with van der Waals surface area (Å²) in [5.74, 6) is 0. The van der Waals surface area contributed by atoms with Crippen molar-refractivity contribution in [1.29, 1.82) is 0 Å². The Bertz CT molecular complexity index is 1730. The zero-order chi connectivity index (χ0) is 35.0. The van der Waals surface area contributed by atoms with Gasteiger partial charge >= 0.3 is 0 Å². The maximum atomic E-state index is 11.5. The molecule has 0 aromatic carbocycles. The Morgan fingerprint density at radius 1 is 0.460 bits per heavy atom. The number of halogens is 2. The second kappa shape index (κ2) is 19.4. The van der Waals surface area contributed by atoms with Crippen molar-refractivity contribution in [3.05, 3.63) is 62.5 Å². The first-order chi connectivity index (χ1) is 24.4. The second-order valence-electron chi connectivity index (χ2n) is 13.7. The highest BCUT2D eigenvalue weighted by Crippen LogP contribution is 2.53. The highest BCUT2D eigenvalue weighted by molar-refractivity contribution is 9.11. The van der Waals surface area contributed by atoms with Crippen molar-refractivity contribution in [2.75, 3.05) is 0 Å². The van der Waals surface area contributed by atoms with E-state index in [1.807, 2.05) is 22.7 Å². The van der Waals surface area contributed by atoms with E-state index in [4.69, 9.17) is 0 Å². The number of unbranched alkanes of at least 4 members (excludes halogenated alkanes) is 14. The molecule has 6 aromatic rings. The topological polar surface area (TPSA) is 40.5 Å². The summed E-state index contributed by atoms with van der Waals surface area (Å²) in [6, 6.07) is 9.09. The number of rotatable bonds is 22. The lowest BCUT2D eigenvalue weighted by Crippen LogP contribution is -1.95. The molecule has 2 nitrogen and oxygen atoms in total. The molecule has 0 amide bonds. The van der Waals surface area contributed by atoms with Crippen molar-refractivity contribution in [2.45, 2.75) is 142 Å². The van der Waals surface area contributed by atoms with Gasteiger partial charge in [0.05, 0.1) is 28.1 Å². The molecule has 6 heterocycles. The van der Waals surface area contributed by atoms with Gasteiger partial charge in [-0.15, -0.1) is 68.0 Å². The molecule has 10 heteroatoms. The van der Waals surface area contributed by atoms with E-state index < -0.39 is 12.2 Å². The van der Waals surface area contributed by atoms with Crippen LogP contribution in [0.5, 0.6) is 0 Å². The Hall–Kier alpha value is -0.140. The third-order valence-electron chi connectivity index (χ3n) is 9.61. The van der Waals surface area contributed by atoms with Crippen LogP contribution in [0, 0.1) is 0 Å². The summed E-state index contributed by atoms with van der Waals surface area (Å²) < 4.78 is 9.21. The normalized spacial score (nSPS) is 13.5. The highest BCUT2D eigenvalue weighted by Gasteiger charge is 2.28. The monoisotopic (exact) mass is 912 g/mol. The molecule has 272 valence electrons. The molecular formula is C40H50Br2O2S6. The third kappa shape index (κ3) is 9.74. The molecule has 0 radical (unpaired) electrons. The van der Waals surface area contributed by atoms with Gasteiger partial charge in [-0.3, -0.25) is 0 Å². The van der Waals surface area contributed by atoms with Gasteiger partial charge in [0.15, 0.2) is 0 Å². The molecule has 0 saturated heterocycles. The van der Waals surface area contributed by atoms with Gasteiger partial charge in [0.2, 0.25) is 0 Å². The summed E-state index contributed by atoms with van der Waals surface area (Å²) in [5, 5.41) is 23.1. The van der Waals surface area contributed by atoms with Crippen LogP contribution in [0.4, 0.5) is 0 Å². The van der Waals surface area contributed by atoms with E-state index in [1.54, 1.807) is 45.3 Å². The predicted molar refractivity (Wildman–Crippen MR) is 235 cm³/mol. The zero-order valence-electron chi connectivity index (χ0n) is 29.3. The van der Waals surface area contributed by atoms with Crippen molar-refractivity contribution in [2.24, 2.45) is 0 Å². The van der Waals surface area contributed by atoms with Crippen LogP contribution in [0.2, 0.25) is 0 Å². The molecule has 50 heavy (non-hydrogen) atoms. The average Bonchev–Trinajstić information content (AvgIpc) is 3.94. The first-order valence-electron chi connectivity index (χ1n) is 18.7. The number of hydrogen-bond donors (Lipinski definition) is 2. The smallest absolute Gasteiger partial charge is 0.124 e. The standard InChI is InChI=1S/C40H50Br2O2S6/c1-3-5-7-9-11-13-15-17-19-25-21-27-29(45-25)23-31(47-27)35(43)37-33(41)39-40(49-37)34(42)38(50-39)36(44)32-24-30-28(48-32)22-26(46-30)20-18-16-14-12-10-8-6-4-2/h21-24,35-36,43-44H,3-20H2,1-2H3. The molecule has 0 aliphatic carbocycles. The fraction of sp³-hybridized carbons (Fsp3) is 0.550. The van der Waals surface area contributed by atoms with E-state index in [2.05, 4.69) is 70.0 Å². The van der Waals surface area contributed by atoms with Crippen LogP contribution in [0.1, 0.15) is 158 Å². The lowest BCUT2D eigenvalue weighted by Gasteiger charge is -2.08. The van der Waals surface area contributed by atoms with Crippen LogP contribution in [-0.4, -0.2) is 10.2 Å². The highest BCUT2D eigenvalue weighted by atomic mass is 79.9. The van der Waals surface area contributed by atoms with Gasteiger partial charge in [-0.2, -0.15) is 0 Å². The maximum Gasteiger partial charge on any atom is 0.124 e. The molecule has 6 rings (SSSR count). The van der Waals surface area contributed by atoms with Crippen LogP contribution in [0.15, 0.2) is 33.2 Å². The number of hydrogen-bond acceptors (Lipinski definition) is 8. The van der Waals surface area contributed by atoms with E-state index in [0.29, 0.717) is 0 Å². The minimum Gasteiger partial charge on any atom is -0.382 e. The number of thiophene rings is 6. The Labute approximate surface area is 339 Å². The molecule has 0 aliphatic heterocycles. The quantitative estimate of drug-likeness (QED) is 0.0666. The van der Waals surface area contributed by atoms with Gasteiger partial charge < -0.3 is 10.2 Å². The molecule has 0 fully saturated rings. The molecule has 0 spiro atoms. The number of aryl methyl sites for hydroxylation is 2. The molecular weight excluding hydrogens is 865 g/mol. The molecule has 0 aliphatic rings. The number of aliphatic hydroxyl groups excluding tert-OH is 2. The van der Waals surface area contributed by atoms with Crippen LogP contribution in [0.3, 0.4) is 0 Å². The fourth-order valence-electron chi connectivity index (χ4n) is 6.72. The van der Waals surface area contributed by atoms with Gasteiger partial charge in [-0.25, -0.2) is 0 Å². The molecule has 0 saturated carbocycles. The second-order valence-corrected chi connectivity index (χ2v) is 21.9. The van der Waals surface area contributed by atoms with Crippen LogP contribution in [-0.2, 0) is 12.8 Å². The van der Waals surface area contributed by atoms with Gasteiger partial charge in [-0.05, 0) is 81.8 Å². The Balaban J connectivity index is 1.04. The largest absolute Gasteiger partial charge is 0.382 e. The van der Waals surface area contributed by atoms with Crippen LogP contribution in [0.25, 0.3) is 28.2 Å². The summed E-state index contributed by atoms with van der Waals surface area (Å²) in [4.78, 5) is 6.79. The Kier molecular flexibility index (Phi) is 15.4. The summed E-state index contributed by atoms with van der Waals surface area (Å²) in [7, 11) is 0. The van der Waals surface area contributed by atoms with Gasteiger partial charge in [-0.1, -0.05) is 104 Å². The summed E-state index contributed by atoms with van der Waals surface area (Å²) in [6.45, 7) is 4.56. The van der Waals surface area contributed by atoms with Crippen molar-refractivity contribution in [1.82, 2.24) is 0 Å². The van der Waals surface area contributed by atoms with Gasteiger partial charge in [0.25, 0.3) is 0 Å². The summed E-state index contributed by atoms with van der Waals surface area (Å²) in [6.07, 6.45) is 22.6. The first kappa shape index (κ1) is 39.6. The van der Waals surface area contributed by atoms with E-state index in [9.17, 15) is 10.2 Å². The van der Waals surface area contributed by atoms with Crippen molar-refractivity contribution < 1.29 is 10.2 Å². The third-order valence-corrected chi connectivity index (χ3v) is 19.8. The molecule has 2 atom stereocenters. The number of aliphatic hydroxyl groups is 2. The molecule has 2 N–H and O–H groups in total. The maximum absolute atomic E-state index is 11.5. The number of fused-ring (bicyclic) bond motifs is 3. The summed E-state index contributed by atoms with van der Waals surface area (Å²) in [5.41, 5.74) is 0. The van der Waals surface area contributed by atoms with Crippen molar-refractivity contribution >= 4 is 128 Å². The Morgan fingerprint density at radius 3 is 1.16 bits per heavy atom. The SMILES string of the molecule is CCCCCCCCCCc1cc2sc(C(O)c3sc4c(Br)c(C(O)c5cc6sc(CCCCCCCCCC)cc6s5)sc4c3Br)cc2s1. The van der Waals surface area contributed by atoms with Crippen LogP contribution >= 0.6 is 99.9 Å². The average molecular weight is 915 g/mol. The Morgan fingerprint density at radius 2 is 0.800 bits per heavy atom. The fourth-order valence-corrected chi connectivity index (χ4v) is 16.3. The van der Waals surface area contributed by atoms with Gasteiger partial charge in [0.1, 0.15) is 12.2 Å². The van der Waals surface area contributed by atoms with E-state index in [-0.39, 0.29) is 0 Å². The van der Waals surface area contributed by atoms with E-state index in [0.717, 1.165) is 50.7 Å².